The summed E-state index contributed by atoms with van der Waals surface area (Å²) in [5.74, 6) is -0.393. The summed E-state index contributed by atoms with van der Waals surface area (Å²) >= 11 is 0. The first kappa shape index (κ1) is 10.6. The maximum Gasteiger partial charge on any atom is 0.376 e. The van der Waals surface area contributed by atoms with Crippen LogP contribution in [-0.2, 0) is 10.2 Å². The van der Waals surface area contributed by atoms with E-state index in [0.29, 0.717) is 0 Å². The van der Waals surface area contributed by atoms with E-state index in [-0.39, 0.29) is 11.2 Å². The molecule has 0 fully saturated rings. The number of hydrogen-bond acceptors (Lipinski definition) is 4. The quantitative estimate of drug-likeness (QED) is 0.636. The zero-order valence-corrected chi connectivity index (χ0v) is 8.87. The van der Waals surface area contributed by atoms with Gasteiger partial charge in [0.25, 0.3) is 0 Å². The molecule has 4 nitrogen and oxygen atoms in total. The number of carbonyl (C=O) groups excluding carboxylic acids is 1. The van der Waals surface area contributed by atoms with Gasteiger partial charge in [0, 0.05) is 11.6 Å². The largest absolute Gasteiger partial charge is 0.463 e. The van der Waals surface area contributed by atoms with Crippen LogP contribution in [0.15, 0.2) is 12.3 Å². The number of esters is 1. The molecule has 0 atom stereocenters. The molecule has 4 heteroatoms. The number of aromatic nitrogens is 2. The molecule has 0 unspecified atom stereocenters. The molecule has 0 aliphatic carbocycles. The van der Waals surface area contributed by atoms with E-state index in [1.165, 1.54) is 7.11 Å². The predicted octanol–water partition coefficient (Wildman–Crippen LogP) is 1.56. The number of ether oxygens (including phenoxy) is 1. The molecule has 14 heavy (non-hydrogen) atoms. The van der Waals surface area contributed by atoms with Crippen LogP contribution in [-0.4, -0.2) is 23.0 Å². The van der Waals surface area contributed by atoms with Crippen molar-refractivity contribution in [3.63, 3.8) is 0 Å². The first-order valence-electron chi connectivity index (χ1n) is 4.37. The van der Waals surface area contributed by atoms with Crippen LogP contribution < -0.4 is 0 Å². The summed E-state index contributed by atoms with van der Waals surface area (Å²) in [6.07, 6.45) is 1.57. The highest BCUT2D eigenvalue weighted by Crippen LogP contribution is 2.19. The zero-order chi connectivity index (χ0) is 10.8. The van der Waals surface area contributed by atoms with Gasteiger partial charge in [-0.1, -0.05) is 20.8 Å². The molecule has 76 valence electrons. The van der Waals surface area contributed by atoms with Gasteiger partial charge in [-0.25, -0.2) is 14.8 Å². The van der Waals surface area contributed by atoms with Crippen molar-refractivity contribution in [3.05, 3.63) is 23.8 Å². The van der Waals surface area contributed by atoms with Crippen molar-refractivity contribution in [1.82, 2.24) is 9.97 Å². The Morgan fingerprint density at radius 2 is 2.07 bits per heavy atom. The second kappa shape index (κ2) is 3.74. The maximum atomic E-state index is 11.1. The van der Waals surface area contributed by atoms with Gasteiger partial charge in [0.05, 0.1) is 12.8 Å². The van der Waals surface area contributed by atoms with E-state index in [1.807, 2.05) is 20.8 Å². The standard InChI is InChI=1S/C10H14N2O2/c1-10(2,3)7-5-6-11-8(12-7)9(13)14-4/h5-6H,1-4H3. The van der Waals surface area contributed by atoms with E-state index in [9.17, 15) is 4.79 Å². The van der Waals surface area contributed by atoms with Crippen LogP contribution in [0.5, 0.6) is 0 Å². The highest BCUT2D eigenvalue weighted by atomic mass is 16.5. The van der Waals surface area contributed by atoms with Crippen LogP contribution in [0.1, 0.15) is 37.1 Å². The molecule has 1 aromatic heterocycles. The van der Waals surface area contributed by atoms with Gasteiger partial charge in [-0.2, -0.15) is 0 Å². The highest BCUT2D eigenvalue weighted by molar-refractivity contribution is 5.84. The number of hydrogen-bond donors (Lipinski definition) is 0. The fourth-order valence-corrected chi connectivity index (χ4v) is 0.966. The molecule has 0 aromatic carbocycles. The molecule has 1 aromatic rings. The van der Waals surface area contributed by atoms with Gasteiger partial charge in [0.1, 0.15) is 0 Å². The lowest BCUT2D eigenvalue weighted by Crippen LogP contribution is -2.17. The number of carbonyl (C=O) groups is 1. The molecule has 0 radical (unpaired) electrons. The van der Waals surface area contributed by atoms with Crippen LogP contribution in [0, 0.1) is 0 Å². The van der Waals surface area contributed by atoms with Crippen LogP contribution in [0.2, 0.25) is 0 Å². The number of nitrogens with zero attached hydrogens (tertiary/aromatic N) is 2. The summed E-state index contributed by atoms with van der Waals surface area (Å²) in [4.78, 5) is 19.1. The van der Waals surface area contributed by atoms with Gasteiger partial charge in [0.15, 0.2) is 0 Å². The minimum absolute atomic E-state index is 0.0916. The predicted molar refractivity (Wildman–Crippen MR) is 52.1 cm³/mol. The third-order valence-corrected chi connectivity index (χ3v) is 1.79. The fraction of sp³-hybridized carbons (Fsp3) is 0.500. The van der Waals surface area contributed by atoms with E-state index < -0.39 is 5.97 Å². The average Bonchev–Trinajstić information content (AvgIpc) is 2.15. The van der Waals surface area contributed by atoms with Gasteiger partial charge in [0.2, 0.25) is 5.82 Å². The molecule has 0 saturated carbocycles. The Labute approximate surface area is 83.3 Å². The van der Waals surface area contributed by atoms with E-state index in [1.54, 1.807) is 12.3 Å². The van der Waals surface area contributed by atoms with E-state index in [2.05, 4.69) is 14.7 Å². The second-order valence-corrected chi connectivity index (χ2v) is 4.01. The van der Waals surface area contributed by atoms with Crippen molar-refractivity contribution >= 4 is 5.97 Å². The summed E-state index contributed by atoms with van der Waals surface area (Å²) in [6.45, 7) is 6.07. The summed E-state index contributed by atoms with van der Waals surface area (Å²) in [5, 5.41) is 0. The minimum Gasteiger partial charge on any atom is -0.463 e. The van der Waals surface area contributed by atoms with E-state index in [0.717, 1.165) is 5.69 Å². The highest BCUT2D eigenvalue weighted by Gasteiger charge is 2.18. The third kappa shape index (κ3) is 2.28. The average molecular weight is 194 g/mol. The lowest BCUT2D eigenvalue weighted by molar-refractivity contribution is 0.0586. The Hall–Kier alpha value is -1.45. The van der Waals surface area contributed by atoms with E-state index >= 15 is 0 Å². The molecule has 0 spiro atoms. The zero-order valence-electron chi connectivity index (χ0n) is 8.87. The molecule has 0 aliphatic heterocycles. The molecule has 0 saturated heterocycles. The minimum atomic E-state index is -0.504. The van der Waals surface area contributed by atoms with Crippen LogP contribution in [0.3, 0.4) is 0 Å². The summed E-state index contributed by atoms with van der Waals surface area (Å²) in [5.41, 5.74) is 0.735. The molecule has 0 aliphatic rings. The molecule has 1 rings (SSSR count). The normalized spacial score (nSPS) is 11.1. The summed E-state index contributed by atoms with van der Waals surface area (Å²) < 4.78 is 4.54. The first-order valence-corrected chi connectivity index (χ1v) is 4.37. The SMILES string of the molecule is COC(=O)c1nccc(C(C)(C)C)n1. The lowest BCUT2D eigenvalue weighted by Gasteiger charge is -2.17. The summed E-state index contributed by atoms with van der Waals surface area (Å²) in [6, 6.07) is 1.80. The Morgan fingerprint density at radius 3 is 2.57 bits per heavy atom. The summed E-state index contributed by atoms with van der Waals surface area (Å²) in [7, 11) is 1.31. The van der Waals surface area contributed by atoms with Gasteiger partial charge < -0.3 is 4.74 Å². The molecular formula is C10H14N2O2. The second-order valence-electron chi connectivity index (χ2n) is 4.01. The smallest absolute Gasteiger partial charge is 0.376 e. The molecule has 0 bridgehead atoms. The molecule has 0 N–H and O–H groups in total. The van der Waals surface area contributed by atoms with Crippen molar-refractivity contribution in [2.24, 2.45) is 0 Å². The van der Waals surface area contributed by atoms with Gasteiger partial charge in [-0.05, 0) is 6.07 Å². The third-order valence-electron chi connectivity index (χ3n) is 1.79. The number of methoxy groups -OCH3 is 1. The van der Waals surface area contributed by atoms with Crippen molar-refractivity contribution in [3.8, 4) is 0 Å². The van der Waals surface area contributed by atoms with Crippen molar-refractivity contribution < 1.29 is 9.53 Å². The number of rotatable bonds is 1. The molecule has 0 amide bonds. The fourth-order valence-electron chi connectivity index (χ4n) is 0.966. The van der Waals surface area contributed by atoms with Crippen molar-refractivity contribution in [1.29, 1.82) is 0 Å². The van der Waals surface area contributed by atoms with Crippen molar-refractivity contribution in [2.45, 2.75) is 26.2 Å². The molecular weight excluding hydrogens is 180 g/mol. The Kier molecular flexibility index (Phi) is 2.84. The monoisotopic (exact) mass is 194 g/mol. The van der Waals surface area contributed by atoms with Crippen LogP contribution >= 0.6 is 0 Å². The van der Waals surface area contributed by atoms with Gasteiger partial charge in [-0.3, -0.25) is 0 Å². The van der Waals surface area contributed by atoms with Crippen LogP contribution in [0.25, 0.3) is 0 Å². The Balaban J connectivity index is 3.08. The van der Waals surface area contributed by atoms with Crippen LogP contribution in [0.4, 0.5) is 0 Å². The Morgan fingerprint density at radius 1 is 1.43 bits per heavy atom. The first-order chi connectivity index (χ1) is 6.45. The Bertz CT molecular complexity index is 342. The van der Waals surface area contributed by atoms with Gasteiger partial charge in [-0.15, -0.1) is 0 Å². The maximum absolute atomic E-state index is 11.1. The van der Waals surface area contributed by atoms with Crippen molar-refractivity contribution in [2.75, 3.05) is 7.11 Å². The van der Waals surface area contributed by atoms with E-state index in [4.69, 9.17) is 0 Å². The lowest BCUT2D eigenvalue weighted by atomic mass is 9.92. The topological polar surface area (TPSA) is 52.1 Å². The van der Waals surface area contributed by atoms with Gasteiger partial charge >= 0.3 is 5.97 Å². The molecule has 1 heterocycles.